The van der Waals surface area contributed by atoms with Crippen molar-refractivity contribution in [3.8, 4) is 85.1 Å². The Hall–Kier alpha value is -12.9. The van der Waals surface area contributed by atoms with Crippen molar-refractivity contribution in [1.82, 2.24) is 34.5 Å². The molecule has 0 atom stereocenters. The van der Waals surface area contributed by atoms with Crippen molar-refractivity contribution in [2.24, 2.45) is 0 Å². The van der Waals surface area contributed by atoms with Crippen molar-refractivity contribution >= 4 is 101 Å². The molecule has 0 N–H and O–H groups in total. The van der Waals surface area contributed by atoms with Crippen molar-refractivity contribution in [2.75, 3.05) is 9.80 Å². The molecule has 0 saturated carbocycles. The van der Waals surface area contributed by atoms with Gasteiger partial charge in [0, 0.05) is 83.5 Å². The Morgan fingerprint density at radius 3 is 1.35 bits per heavy atom. The molecule has 6 heterocycles. The van der Waals surface area contributed by atoms with Gasteiger partial charge in [-0.05, 0) is 107 Å². The van der Waals surface area contributed by atoms with Crippen LogP contribution in [0.1, 0.15) is 0 Å². The van der Waals surface area contributed by atoms with Crippen molar-refractivity contribution in [3.05, 3.63) is 315 Å². The molecule has 0 unspecified atom stereocenters. The molecule has 4 aromatic heterocycles. The highest BCUT2D eigenvalue weighted by atomic mass is 16.3. The molecule has 11 heteroatoms. The van der Waals surface area contributed by atoms with Gasteiger partial charge in [0.2, 0.25) is 0 Å². The largest absolute Gasteiger partial charge is 0.455 e. The van der Waals surface area contributed by atoms with E-state index in [0.717, 1.165) is 122 Å². The Morgan fingerprint density at radius 1 is 0.284 bits per heavy atom. The molecule has 10 nitrogen and oxygen atoms in total. The summed E-state index contributed by atoms with van der Waals surface area (Å²) in [6.07, 6.45) is 0. The number of fused-ring (bicyclic) bond motifs is 11. The number of benzene rings is 13. The van der Waals surface area contributed by atoms with Crippen LogP contribution in [0.25, 0.3) is 129 Å². The van der Waals surface area contributed by atoms with E-state index in [1.807, 2.05) is 91.0 Å². The predicted molar refractivity (Wildman–Crippen MR) is 387 cm³/mol. The van der Waals surface area contributed by atoms with Gasteiger partial charge in [-0.3, -0.25) is 0 Å². The van der Waals surface area contributed by atoms with Crippen molar-refractivity contribution in [1.29, 1.82) is 0 Å². The Labute approximate surface area is 547 Å². The summed E-state index contributed by atoms with van der Waals surface area (Å²) in [4.78, 5) is 37.0. The average molecular weight is 1210 g/mol. The third kappa shape index (κ3) is 8.81. The third-order valence-electron chi connectivity index (χ3n) is 18.7. The third-order valence-corrected chi connectivity index (χ3v) is 18.7. The first-order valence-electron chi connectivity index (χ1n) is 32.0. The van der Waals surface area contributed by atoms with E-state index in [0.29, 0.717) is 34.9 Å². The van der Waals surface area contributed by atoms with Crippen LogP contribution in [0.2, 0.25) is 0 Å². The van der Waals surface area contributed by atoms with Gasteiger partial charge in [-0.2, -0.15) is 0 Å². The standard InChI is InChI=1S/C84H52BN9O/c1-6-24-54(25-7-1)79-86-80(55-26-8-2-9-27-55)89-83(88-79)58-46-49-69(94-68-38-20-16-35-64(68)75-72(94)50-48-63-62-34-17-23-41-74(62)95-78(63)75)65(52-58)84-90-81(56-28-10-3-11-29-56)87-82(91-84)57-44-42-53(43-45-57)61-47-51-73-76-77(61)93(60-32-14-5-15-33-60)71-40-22-19-37-67(71)85(76)66-36-18-21-39-70(66)92(73)59-30-12-4-13-31-59/h1-52H. The molecule has 0 fully saturated rings. The summed E-state index contributed by atoms with van der Waals surface area (Å²) in [5, 5.41) is 4.19. The number of anilines is 6. The molecule has 95 heavy (non-hydrogen) atoms. The zero-order chi connectivity index (χ0) is 62.5. The zero-order valence-electron chi connectivity index (χ0n) is 51.0. The number of nitrogens with zero attached hydrogens (tertiary/aromatic N) is 9. The van der Waals surface area contributed by atoms with Crippen LogP contribution in [0.3, 0.4) is 0 Å². The molecule has 0 aliphatic carbocycles. The van der Waals surface area contributed by atoms with Crippen molar-refractivity contribution < 1.29 is 4.42 Å². The second-order valence-electron chi connectivity index (χ2n) is 24.1. The summed E-state index contributed by atoms with van der Waals surface area (Å²) in [5.41, 5.74) is 22.1. The highest BCUT2D eigenvalue weighted by molar-refractivity contribution is 7.00. The van der Waals surface area contributed by atoms with Gasteiger partial charge in [-0.1, -0.05) is 231 Å². The molecule has 2 aliphatic heterocycles. The number of hydrogen-bond acceptors (Lipinski definition) is 9. The van der Waals surface area contributed by atoms with Gasteiger partial charge in [0.25, 0.3) is 6.71 Å². The average Bonchev–Trinajstić information content (AvgIpc) is 0.835. The first-order valence-corrected chi connectivity index (χ1v) is 32.0. The molecule has 19 rings (SSSR count). The van der Waals surface area contributed by atoms with Crippen LogP contribution in [0.15, 0.2) is 320 Å². The van der Waals surface area contributed by atoms with E-state index in [9.17, 15) is 0 Å². The van der Waals surface area contributed by atoms with E-state index < -0.39 is 0 Å². The zero-order valence-corrected chi connectivity index (χ0v) is 51.0. The Kier molecular flexibility index (Phi) is 12.5. The molecule has 2 aliphatic rings. The normalized spacial score (nSPS) is 12.4. The van der Waals surface area contributed by atoms with Crippen LogP contribution in [0.4, 0.5) is 34.1 Å². The number of rotatable bonds is 10. The molecule has 0 radical (unpaired) electrons. The number of furan rings is 1. The minimum absolute atomic E-state index is 0.0364. The lowest BCUT2D eigenvalue weighted by molar-refractivity contribution is 0.673. The SMILES string of the molecule is c1ccc(-c2nc(-c3ccccc3)nc(-c3ccc(-n4c5ccccc5c5c6oc7ccccc7c6ccc54)c(-c4nc(-c5ccccc5)nc(-c5ccc(-c6ccc7c8c6N(c6ccccc6)c6ccccc6B8c6ccccc6N7c6ccccc6)cc5)n4)c3)n2)cc1. The van der Waals surface area contributed by atoms with Crippen molar-refractivity contribution in [2.45, 2.75) is 0 Å². The predicted octanol–water partition coefficient (Wildman–Crippen LogP) is 18.8. The van der Waals surface area contributed by atoms with Crippen molar-refractivity contribution in [3.63, 3.8) is 0 Å². The minimum Gasteiger partial charge on any atom is -0.455 e. The first-order chi connectivity index (χ1) is 47.1. The molecule has 17 aromatic rings. The van der Waals surface area contributed by atoms with Crippen LogP contribution in [-0.4, -0.2) is 41.2 Å². The van der Waals surface area contributed by atoms with Crippen LogP contribution in [0.5, 0.6) is 0 Å². The number of aromatic nitrogens is 7. The second-order valence-corrected chi connectivity index (χ2v) is 24.1. The van der Waals surface area contributed by atoms with Crippen LogP contribution >= 0.6 is 0 Å². The van der Waals surface area contributed by atoms with Gasteiger partial charge in [0.15, 0.2) is 34.9 Å². The van der Waals surface area contributed by atoms with E-state index in [1.54, 1.807) is 0 Å². The van der Waals surface area contributed by atoms with Gasteiger partial charge in [-0.15, -0.1) is 0 Å². The Balaban J connectivity index is 0.826. The van der Waals surface area contributed by atoms with Gasteiger partial charge >= 0.3 is 0 Å². The quantitative estimate of drug-likeness (QED) is 0.124. The van der Waals surface area contributed by atoms with Gasteiger partial charge < -0.3 is 18.8 Å². The van der Waals surface area contributed by atoms with E-state index >= 15 is 0 Å². The lowest BCUT2D eigenvalue weighted by Gasteiger charge is -2.45. The molecule has 0 bridgehead atoms. The maximum Gasteiger partial charge on any atom is 0.252 e. The minimum atomic E-state index is -0.0364. The molecule has 13 aromatic carbocycles. The first kappa shape index (κ1) is 53.9. The van der Waals surface area contributed by atoms with Gasteiger partial charge in [0.1, 0.15) is 11.2 Å². The topological polar surface area (TPSA) is 102 Å². The van der Waals surface area contributed by atoms with E-state index in [2.05, 4.69) is 239 Å². The number of hydrogen-bond donors (Lipinski definition) is 0. The summed E-state index contributed by atoms with van der Waals surface area (Å²) >= 11 is 0. The molecule has 0 amide bonds. The monoisotopic (exact) mass is 1210 g/mol. The molecule has 0 spiro atoms. The smallest absolute Gasteiger partial charge is 0.252 e. The Morgan fingerprint density at radius 2 is 0.737 bits per heavy atom. The fourth-order valence-corrected chi connectivity index (χ4v) is 14.5. The molecule has 442 valence electrons. The van der Waals surface area contributed by atoms with E-state index in [-0.39, 0.29) is 6.71 Å². The summed E-state index contributed by atoms with van der Waals surface area (Å²) in [6.45, 7) is -0.0364. The highest BCUT2D eigenvalue weighted by Crippen LogP contribution is 2.49. The lowest BCUT2D eigenvalue weighted by atomic mass is 9.33. The summed E-state index contributed by atoms with van der Waals surface area (Å²) < 4.78 is 9.14. The second kappa shape index (κ2) is 21.9. The van der Waals surface area contributed by atoms with Gasteiger partial charge in [0.05, 0.1) is 27.8 Å². The van der Waals surface area contributed by atoms with E-state index in [4.69, 9.17) is 34.3 Å². The van der Waals surface area contributed by atoms with Gasteiger partial charge in [-0.25, -0.2) is 29.9 Å². The summed E-state index contributed by atoms with van der Waals surface area (Å²) in [6, 6.07) is 111. The molecular weight excluding hydrogens is 1160 g/mol. The fraction of sp³-hybridized carbons (Fsp3) is 0. The lowest BCUT2D eigenvalue weighted by Crippen LogP contribution is -2.61. The number of para-hydroxylation sites is 6. The summed E-state index contributed by atoms with van der Waals surface area (Å²) in [5.74, 6) is 3.14. The maximum atomic E-state index is 6.82. The van der Waals surface area contributed by atoms with Crippen LogP contribution in [0, 0.1) is 0 Å². The maximum absolute atomic E-state index is 6.82. The highest BCUT2D eigenvalue weighted by Gasteiger charge is 2.44. The van der Waals surface area contributed by atoms with E-state index in [1.165, 1.54) is 22.1 Å². The van der Waals surface area contributed by atoms with Crippen LogP contribution in [-0.2, 0) is 0 Å². The molecular formula is C84H52BN9O. The van der Waals surface area contributed by atoms with Crippen LogP contribution < -0.4 is 26.2 Å². The fourth-order valence-electron chi connectivity index (χ4n) is 14.5. The molecule has 0 saturated heterocycles. The summed E-state index contributed by atoms with van der Waals surface area (Å²) in [7, 11) is 0. The Bertz CT molecular complexity index is 5800.